The summed E-state index contributed by atoms with van der Waals surface area (Å²) in [7, 11) is -3.72. The van der Waals surface area contributed by atoms with Gasteiger partial charge in [-0.15, -0.1) is 4.40 Å². The topological polar surface area (TPSA) is 70.1 Å². The van der Waals surface area contributed by atoms with Crippen LogP contribution in [0, 0.1) is 12.3 Å². The number of amides is 1. The summed E-state index contributed by atoms with van der Waals surface area (Å²) < 4.78 is 29.7. The fourth-order valence-electron chi connectivity index (χ4n) is 3.83. The summed E-state index contributed by atoms with van der Waals surface area (Å²) >= 11 is 0. The molecule has 0 bridgehead atoms. The zero-order valence-electron chi connectivity index (χ0n) is 18.0. The van der Waals surface area contributed by atoms with E-state index in [-0.39, 0.29) is 16.2 Å². The fraction of sp³-hybridized carbons (Fsp3) is 0.545. The van der Waals surface area contributed by atoms with Crippen LogP contribution in [0.15, 0.2) is 34.2 Å². The molecule has 0 N–H and O–H groups in total. The van der Waals surface area contributed by atoms with E-state index in [1.807, 2.05) is 47.9 Å². The molecule has 7 heteroatoms. The van der Waals surface area contributed by atoms with Crippen LogP contribution in [0.2, 0.25) is 0 Å². The molecule has 0 aromatic heterocycles. The minimum Gasteiger partial charge on any atom is -0.354 e. The van der Waals surface area contributed by atoms with Crippen LogP contribution in [-0.4, -0.2) is 56.1 Å². The number of amidine groups is 1. The van der Waals surface area contributed by atoms with Gasteiger partial charge in [0.15, 0.2) is 0 Å². The average molecular weight is 418 g/mol. The summed E-state index contributed by atoms with van der Waals surface area (Å²) in [6.07, 6.45) is 1.31. The van der Waals surface area contributed by atoms with Crippen molar-refractivity contribution in [2.45, 2.75) is 47.5 Å². The number of nitrogens with zero attached hydrogens (tertiary/aromatic N) is 3. The van der Waals surface area contributed by atoms with Crippen LogP contribution in [-0.2, 0) is 14.8 Å². The first-order valence-electron chi connectivity index (χ1n) is 10.1. The molecule has 158 valence electrons. The van der Waals surface area contributed by atoms with Crippen LogP contribution in [0.25, 0.3) is 4.91 Å². The summed E-state index contributed by atoms with van der Waals surface area (Å²) in [5, 5.41) is 0. The fourth-order valence-corrected chi connectivity index (χ4v) is 5.32. The lowest BCUT2D eigenvalue weighted by Gasteiger charge is -2.26. The van der Waals surface area contributed by atoms with Crippen molar-refractivity contribution in [3.8, 4) is 0 Å². The Morgan fingerprint density at radius 1 is 1.03 bits per heavy atom. The molecule has 0 atom stereocenters. The Labute approximate surface area is 174 Å². The van der Waals surface area contributed by atoms with Gasteiger partial charge in [0, 0.05) is 38.2 Å². The van der Waals surface area contributed by atoms with Gasteiger partial charge in [-0.1, -0.05) is 50.6 Å². The first-order chi connectivity index (χ1) is 13.5. The Morgan fingerprint density at radius 2 is 1.69 bits per heavy atom. The van der Waals surface area contributed by atoms with E-state index in [4.69, 9.17) is 0 Å². The normalized spacial score (nSPS) is 20.0. The van der Waals surface area contributed by atoms with Crippen LogP contribution in [0.1, 0.15) is 51.7 Å². The van der Waals surface area contributed by atoms with Gasteiger partial charge in [0.25, 0.3) is 10.0 Å². The molecule has 3 rings (SSSR count). The van der Waals surface area contributed by atoms with Gasteiger partial charge in [0.2, 0.25) is 5.91 Å². The molecule has 6 nitrogen and oxygen atoms in total. The predicted molar refractivity (Wildman–Crippen MR) is 117 cm³/mol. The molecule has 29 heavy (non-hydrogen) atoms. The van der Waals surface area contributed by atoms with Crippen molar-refractivity contribution in [1.29, 1.82) is 0 Å². The number of aryl methyl sites for hydroxylation is 1. The summed E-state index contributed by atoms with van der Waals surface area (Å²) in [6.45, 7) is 12.5. The first kappa shape index (κ1) is 21.6. The molecule has 1 amide bonds. The number of hydrogen-bond acceptors (Lipinski definition) is 4. The molecule has 1 aromatic carbocycles. The van der Waals surface area contributed by atoms with Crippen molar-refractivity contribution >= 4 is 26.7 Å². The van der Waals surface area contributed by atoms with Gasteiger partial charge >= 0.3 is 0 Å². The lowest BCUT2D eigenvalue weighted by molar-refractivity contribution is -0.132. The number of carbonyl (C=O) groups excluding carboxylic acids is 1. The highest BCUT2D eigenvalue weighted by molar-refractivity contribution is 8.00. The highest BCUT2D eigenvalue weighted by Crippen LogP contribution is 2.34. The Morgan fingerprint density at radius 3 is 2.31 bits per heavy atom. The highest BCUT2D eigenvalue weighted by atomic mass is 32.2. The van der Waals surface area contributed by atoms with E-state index in [0.29, 0.717) is 49.6 Å². The van der Waals surface area contributed by atoms with E-state index < -0.39 is 10.0 Å². The summed E-state index contributed by atoms with van der Waals surface area (Å²) in [5.74, 6) is 0.679. The Balaban J connectivity index is 1.80. The third kappa shape index (κ3) is 4.89. The number of hydrogen-bond donors (Lipinski definition) is 0. The van der Waals surface area contributed by atoms with Crippen LogP contribution in [0.4, 0.5) is 0 Å². The molecule has 1 fully saturated rings. The van der Waals surface area contributed by atoms with Crippen LogP contribution < -0.4 is 0 Å². The van der Waals surface area contributed by atoms with Crippen molar-refractivity contribution in [3.05, 3.63) is 41.0 Å². The maximum atomic E-state index is 12.8. The molecule has 0 unspecified atom stereocenters. The van der Waals surface area contributed by atoms with E-state index in [0.717, 1.165) is 12.0 Å². The van der Waals surface area contributed by atoms with Gasteiger partial charge in [-0.05, 0) is 31.2 Å². The van der Waals surface area contributed by atoms with E-state index in [1.165, 1.54) is 0 Å². The smallest absolute Gasteiger partial charge is 0.285 e. The Bertz CT molecular complexity index is 954. The van der Waals surface area contributed by atoms with E-state index >= 15 is 0 Å². The van der Waals surface area contributed by atoms with E-state index in [9.17, 15) is 13.2 Å². The van der Waals surface area contributed by atoms with Gasteiger partial charge in [-0.25, -0.2) is 0 Å². The minimum atomic E-state index is -3.72. The summed E-state index contributed by atoms with van der Waals surface area (Å²) in [5.41, 5.74) is 2.39. The maximum absolute atomic E-state index is 12.8. The second kappa shape index (κ2) is 7.94. The number of rotatable bonds is 2. The number of benzene rings is 1. The summed E-state index contributed by atoms with van der Waals surface area (Å²) in [6, 6.07) is 7.49. The minimum absolute atomic E-state index is 0.0467. The molecule has 0 spiro atoms. The zero-order chi connectivity index (χ0) is 21.4. The van der Waals surface area contributed by atoms with E-state index in [1.54, 1.807) is 0 Å². The lowest BCUT2D eigenvalue weighted by Crippen LogP contribution is -2.38. The monoisotopic (exact) mass is 417 g/mol. The quantitative estimate of drug-likeness (QED) is 0.739. The standard InChI is InChI=1S/C22H31N3O3S/c1-16-7-9-18(10-8-16)20-17(2)21(23-29(20,27)28)25-12-6-11-24(13-14-25)19(26)15-22(3,4)5/h7-10H,6,11-15H2,1-5H3. The first-order valence-corrected chi connectivity index (χ1v) is 11.6. The molecule has 0 aliphatic carbocycles. The number of sulfonamides is 1. The molecular formula is C22H31N3O3S. The molecule has 2 heterocycles. The highest BCUT2D eigenvalue weighted by Gasteiger charge is 2.34. The Kier molecular flexibility index (Phi) is 5.90. The molecule has 0 radical (unpaired) electrons. The molecule has 1 saturated heterocycles. The van der Waals surface area contributed by atoms with Crippen molar-refractivity contribution in [2.24, 2.45) is 9.81 Å². The lowest BCUT2D eigenvalue weighted by atomic mass is 9.91. The van der Waals surface area contributed by atoms with Crippen molar-refractivity contribution in [1.82, 2.24) is 9.80 Å². The van der Waals surface area contributed by atoms with Crippen LogP contribution in [0.5, 0.6) is 0 Å². The van der Waals surface area contributed by atoms with Gasteiger partial charge in [0.1, 0.15) is 10.7 Å². The Hall–Kier alpha value is -2.15. The van der Waals surface area contributed by atoms with E-state index in [2.05, 4.69) is 25.2 Å². The molecule has 2 aliphatic rings. The van der Waals surface area contributed by atoms with Crippen molar-refractivity contribution < 1.29 is 13.2 Å². The van der Waals surface area contributed by atoms with Gasteiger partial charge < -0.3 is 9.80 Å². The van der Waals surface area contributed by atoms with Crippen LogP contribution in [0.3, 0.4) is 0 Å². The van der Waals surface area contributed by atoms with Gasteiger partial charge in [-0.3, -0.25) is 4.79 Å². The second-order valence-corrected chi connectivity index (χ2v) is 10.7. The van der Waals surface area contributed by atoms with Crippen molar-refractivity contribution in [3.63, 3.8) is 0 Å². The zero-order valence-corrected chi connectivity index (χ0v) is 18.8. The largest absolute Gasteiger partial charge is 0.354 e. The average Bonchev–Trinajstić information content (AvgIpc) is 2.78. The predicted octanol–water partition coefficient (Wildman–Crippen LogP) is 3.44. The molecular weight excluding hydrogens is 386 g/mol. The maximum Gasteiger partial charge on any atom is 0.285 e. The molecule has 2 aliphatic heterocycles. The third-order valence-electron chi connectivity index (χ3n) is 5.28. The SMILES string of the molecule is CC1=C(c2ccc(C)cc2)S(=O)(=O)N=C1N1CCCN(C(=O)CC(C)(C)C)CC1. The third-order valence-corrected chi connectivity index (χ3v) is 6.76. The molecule has 1 aromatic rings. The summed E-state index contributed by atoms with van der Waals surface area (Å²) in [4.78, 5) is 16.8. The molecule has 0 saturated carbocycles. The van der Waals surface area contributed by atoms with Gasteiger partial charge in [0.05, 0.1) is 0 Å². The number of carbonyl (C=O) groups is 1. The van der Waals surface area contributed by atoms with Crippen molar-refractivity contribution in [2.75, 3.05) is 26.2 Å². The van der Waals surface area contributed by atoms with Crippen LogP contribution >= 0.6 is 0 Å². The second-order valence-electron chi connectivity index (χ2n) is 9.17. The van der Waals surface area contributed by atoms with Gasteiger partial charge in [-0.2, -0.15) is 8.42 Å².